The first-order valence-corrected chi connectivity index (χ1v) is 19.0. The fourth-order valence-corrected chi connectivity index (χ4v) is 10.9. The van der Waals surface area contributed by atoms with Crippen LogP contribution in [0.1, 0.15) is 49.9 Å². The monoisotopic (exact) mass is 675 g/mol. The van der Waals surface area contributed by atoms with Crippen LogP contribution in [0.2, 0.25) is 0 Å². The number of para-hydroxylation sites is 1. The van der Waals surface area contributed by atoms with E-state index in [9.17, 15) is 0 Å². The van der Waals surface area contributed by atoms with Gasteiger partial charge in [-0.3, -0.25) is 0 Å². The number of benzene rings is 8. The minimum Gasteiger partial charge on any atom is -0.309 e. The van der Waals surface area contributed by atoms with Crippen molar-refractivity contribution in [2.75, 3.05) is 0 Å². The summed E-state index contributed by atoms with van der Waals surface area (Å²) in [6, 6.07) is 57.1. The first-order chi connectivity index (χ1) is 25.9. The second-order valence-corrected chi connectivity index (χ2v) is 16.4. The van der Waals surface area contributed by atoms with Gasteiger partial charge >= 0.3 is 0 Å². The van der Waals surface area contributed by atoms with E-state index in [2.05, 4.69) is 184 Å². The van der Waals surface area contributed by atoms with Crippen molar-refractivity contribution in [1.82, 2.24) is 4.57 Å². The van der Waals surface area contributed by atoms with E-state index in [1.807, 2.05) is 0 Å². The highest BCUT2D eigenvalue weighted by atomic mass is 15.0. The van der Waals surface area contributed by atoms with Gasteiger partial charge in [0.25, 0.3) is 0 Å². The Morgan fingerprint density at radius 2 is 0.887 bits per heavy atom. The van der Waals surface area contributed by atoms with Gasteiger partial charge < -0.3 is 4.57 Å². The lowest BCUT2D eigenvalue weighted by molar-refractivity contribution is 0.658. The van der Waals surface area contributed by atoms with Gasteiger partial charge in [-0.25, -0.2) is 0 Å². The number of nitrogens with zero attached hydrogens (tertiary/aromatic N) is 1. The molecule has 0 bridgehead atoms. The molecule has 0 saturated heterocycles. The third kappa shape index (κ3) is 3.49. The van der Waals surface area contributed by atoms with Crippen LogP contribution in [0.4, 0.5) is 0 Å². The molecule has 0 saturated carbocycles. The molecule has 53 heavy (non-hydrogen) atoms. The largest absolute Gasteiger partial charge is 0.309 e. The lowest BCUT2D eigenvalue weighted by Gasteiger charge is -2.27. The second kappa shape index (κ2) is 9.82. The zero-order valence-corrected chi connectivity index (χ0v) is 30.4. The zero-order valence-electron chi connectivity index (χ0n) is 30.4. The molecule has 0 amide bonds. The molecule has 1 nitrogen and oxygen atoms in total. The SMILES string of the molecule is CC1(C)c2ccccc2-c2c3c(c4c(c21)c1ccccc1n4-c1ccc(-c2ccc4c5c(cccc25)-c2ccccc2-4)cc1)C(C)(C)c1ccccc1-3. The molecule has 0 atom stereocenters. The molecule has 3 aliphatic carbocycles. The van der Waals surface area contributed by atoms with Crippen LogP contribution in [-0.4, -0.2) is 4.57 Å². The summed E-state index contributed by atoms with van der Waals surface area (Å²) >= 11 is 0. The molecule has 1 heterocycles. The van der Waals surface area contributed by atoms with Crippen molar-refractivity contribution in [2.24, 2.45) is 0 Å². The Kier molecular flexibility index (Phi) is 5.45. The summed E-state index contributed by atoms with van der Waals surface area (Å²) in [4.78, 5) is 0. The molecule has 0 radical (unpaired) electrons. The maximum atomic E-state index is 2.59. The number of hydrogen-bond acceptors (Lipinski definition) is 0. The molecule has 3 aliphatic rings. The van der Waals surface area contributed by atoms with E-state index in [-0.39, 0.29) is 10.8 Å². The highest BCUT2D eigenvalue weighted by Gasteiger charge is 2.47. The summed E-state index contributed by atoms with van der Waals surface area (Å²) in [6.07, 6.45) is 0. The maximum absolute atomic E-state index is 2.59. The third-order valence-electron chi connectivity index (χ3n) is 13.1. The number of rotatable bonds is 2. The molecule has 9 aromatic rings. The Hall–Kier alpha value is -6.18. The van der Waals surface area contributed by atoms with E-state index in [0.717, 1.165) is 0 Å². The predicted octanol–water partition coefficient (Wildman–Crippen LogP) is 13.9. The van der Waals surface area contributed by atoms with Crippen molar-refractivity contribution in [3.8, 4) is 61.3 Å². The van der Waals surface area contributed by atoms with Gasteiger partial charge in [0.15, 0.2) is 0 Å². The van der Waals surface area contributed by atoms with Gasteiger partial charge in [0.2, 0.25) is 0 Å². The molecule has 0 aliphatic heterocycles. The van der Waals surface area contributed by atoms with Crippen LogP contribution < -0.4 is 0 Å². The van der Waals surface area contributed by atoms with Crippen LogP contribution in [-0.2, 0) is 10.8 Å². The quantitative estimate of drug-likeness (QED) is 0.172. The zero-order chi connectivity index (χ0) is 35.4. The predicted molar refractivity (Wildman–Crippen MR) is 223 cm³/mol. The van der Waals surface area contributed by atoms with E-state index >= 15 is 0 Å². The first-order valence-electron chi connectivity index (χ1n) is 19.0. The molecule has 1 heteroatoms. The fraction of sp³-hybridized carbons (Fsp3) is 0.115. The molecule has 0 unspecified atom stereocenters. The normalized spacial score (nSPS) is 15.1. The first kappa shape index (κ1) is 29.4. The van der Waals surface area contributed by atoms with Crippen LogP contribution in [0, 0.1) is 0 Å². The van der Waals surface area contributed by atoms with E-state index in [1.54, 1.807) is 0 Å². The number of aromatic nitrogens is 1. The Morgan fingerprint density at radius 3 is 1.58 bits per heavy atom. The van der Waals surface area contributed by atoms with Crippen molar-refractivity contribution < 1.29 is 0 Å². The van der Waals surface area contributed by atoms with Crippen molar-refractivity contribution in [2.45, 2.75) is 38.5 Å². The molecular weight excluding hydrogens is 639 g/mol. The lowest BCUT2D eigenvalue weighted by Crippen LogP contribution is -2.19. The summed E-state index contributed by atoms with van der Waals surface area (Å²) in [6.45, 7) is 9.75. The van der Waals surface area contributed by atoms with E-state index < -0.39 is 0 Å². The van der Waals surface area contributed by atoms with E-state index in [1.165, 1.54) is 116 Å². The van der Waals surface area contributed by atoms with Crippen molar-refractivity contribution in [3.05, 3.63) is 174 Å². The lowest BCUT2D eigenvalue weighted by atomic mass is 9.76. The molecule has 0 fully saturated rings. The maximum Gasteiger partial charge on any atom is 0.0591 e. The summed E-state index contributed by atoms with van der Waals surface area (Å²) < 4.78 is 2.59. The molecular formula is C52H37N. The Balaban J connectivity index is 1.15. The molecule has 0 N–H and O–H groups in total. The summed E-state index contributed by atoms with van der Waals surface area (Å²) in [5, 5.41) is 5.40. The fourth-order valence-electron chi connectivity index (χ4n) is 10.9. The van der Waals surface area contributed by atoms with Crippen LogP contribution in [0.5, 0.6) is 0 Å². The van der Waals surface area contributed by atoms with Crippen LogP contribution >= 0.6 is 0 Å². The Bertz CT molecular complexity index is 3060. The van der Waals surface area contributed by atoms with E-state index in [4.69, 9.17) is 0 Å². The number of hydrogen-bond donors (Lipinski definition) is 0. The second-order valence-electron chi connectivity index (χ2n) is 16.4. The van der Waals surface area contributed by atoms with Gasteiger partial charge in [-0.2, -0.15) is 0 Å². The van der Waals surface area contributed by atoms with Gasteiger partial charge in [0.05, 0.1) is 11.0 Å². The van der Waals surface area contributed by atoms with Gasteiger partial charge in [-0.1, -0.05) is 161 Å². The third-order valence-corrected chi connectivity index (χ3v) is 13.1. The van der Waals surface area contributed by atoms with Crippen molar-refractivity contribution >= 4 is 32.6 Å². The Labute approximate surface area is 309 Å². The van der Waals surface area contributed by atoms with Crippen LogP contribution in [0.3, 0.4) is 0 Å². The summed E-state index contributed by atoms with van der Waals surface area (Å²) in [5.74, 6) is 0. The summed E-state index contributed by atoms with van der Waals surface area (Å²) in [7, 11) is 0. The minimum atomic E-state index is -0.185. The number of fused-ring (bicyclic) bond motifs is 15. The topological polar surface area (TPSA) is 4.93 Å². The molecule has 1 aromatic heterocycles. The molecule has 8 aromatic carbocycles. The summed E-state index contributed by atoms with van der Waals surface area (Å²) in [5.41, 5.74) is 22.7. The highest BCUT2D eigenvalue weighted by molar-refractivity contribution is 6.21. The van der Waals surface area contributed by atoms with Crippen LogP contribution in [0.15, 0.2) is 152 Å². The minimum absolute atomic E-state index is 0.158. The standard InChI is InChI=1S/C52H37N/c1-51(2)41-21-10-7-16-38(41)45-46-39-17-8-11-22-42(39)52(3,4)49(46)50-47(48(45)51)40-18-9-12-23-43(40)53(50)31-26-24-30(25-27-31)32-28-29-37-34-15-6-5-14-33(34)36-20-13-19-35(32)44(36)37/h5-29H,1-4H3. The van der Waals surface area contributed by atoms with Gasteiger partial charge in [0.1, 0.15) is 0 Å². The average Bonchev–Trinajstić information content (AvgIpc) is 3.85. The van der Waals surface area contributed by atoms with Crippen LogP contribution in [0.25, 0.3) is 93.9 Å². The molecule has 250 valence electrons. The van der Waals surface area contributed by atoms with Crippen molar-refractivity contribution in [3.63, 3.8) is 0 Å². The van der Waals surface area contributed by atoms with Gasteiger partial charge in [-0.05, 0) is 107 Å². The van der Waals surface area contributed by atoms with Gasteiger partial charge in [0, 0.05) is 27.3 Å². The molecule has 0 spiro atoms. The Morgan fingerprint density at radius 1 is 0.377 bits per heavy atom. The van der Waals surface area contributed by atoms with E-state index in [0.29, 0.717) is 0 Å². The smallest absolute Gasteiger partial charge is 0.0591 e. The van der Waals surface area contributed by atoms with Gasteiger partial charge in [-0.15, -0.1) is 0 Å². The average molecular weight is 676 g/mol. The molecule has 12 rings (SSSR count). The highest BCUT2D eigenvalue weighted by Crippen LogP contribution is 2.63. The van der Waals surface area contributed by atoms with Crippen molar-refractivity contribution in [1.29, 1.82) is 0 Å².